The minimum atomic E-state index is 0.325. The molecule has 108 valence electrons. The van der Waals surface area contributed by atoms with E-state index in [2.05, 4.69) is 33.9 Å². The van der Waals surface area contributed by atoms with E-state index >= 15 is 0 Å². The van der Waals surface area contributed by atoms with Gasteiger partial charge in [0.15, 0.2) is 0 Å². The van der Waals surface area contributed by atoms with E-state index in [9.17, 15) is 0 Å². The third-order valence-electron chi connectivity index (χ3n) is 3.41. The molecule has 0 aliphatic heterocycles. The second kappa shape index (κ2) is 7.10. The summed E-state index contributed by atoms with van der Waals surface area (Å²) in [7, 11) is 2.03. The van der Waals surface area contributed by atoms with Gasteiger partial charge in [0.05, 0.1) is 6.61 Å². The summed E-state index contributed by atoms with van der Waals surface area (Å²) < 4.78 is 7.51. The lowest BCUT2D eigenvalue weighted by Gasteiger charge is -2.14. The maximum atomic E-state index is 5.45. The van der Waals surface area contributed by atoms with Crippen LogP contribution in [0, 0.1) is 0 Å². The van der Waals surface area contributed by atoms with E-state index in [-0.39, 0.29) is 0 Å². The topological polar surface area (TPSA) is 39.1 Å². The van der Waals surface area contributed by atoms with Crippen molar-refractivity contribution in [1.82, 2.24) is 14.9 Å². The lowest BCUT2D eigenvalue weighted by Crippen LogP contribution is -2.22. The molecule has 0 radical (unpaired) electrons. The first-order valence-electron chi connectivity index (χ1n) is 7.13. The minimum Gasteiger partial charge on any atom is -0.494 e. The Labute approximate surface area is 120 Å². The number of nitrogens with zero attached hydrogens (tertiary/aromatic N) is 2. The zero-order valence-electron chi connectivity index (χ0n) is 12.5. The van der Waals surface area contributed by atoms with Crippen LogP contribution < -0.4 is 10.1 Å². The second-order valence-corrected chi connectivity index (χ2v) is 4.88. The molecule has 1 heterocycles. The van der Waals surface area contributed by atoms with Crippen molar-refractivity contribution in [2.24, 2.45) is 7.05 Å². The fourth-order valence-corrected chi connectivity index (χ4v) is 2.18. The van der Waals surface area contributed by atoms with Gasteiger partial charge in [-0.15, -0.1) is 0 Å². The van der Waals surface area contributed by atoms with E-state index < -0.39 is 0 Å². The Hall–Kier alpha value is -1.81. The molecule has 0 amide bonds. The summed E-state index contributed by atoms with van der Waals surface area (Å²) in [6.07, 6.45) is 4.75. The van der Waals surface area contributed by atoms with Crippen molar-refractivity contribution in [2.45, 2.75) is 26.3 Å². The van der Waals surface area contributed by atoms with Crippen LogP contribution in [0.5, 0.6) is 5.75 Å². The van der Waals surface area contributed by atoms with Crippen LogP contribution in [0.1, 0.15) is 31.3 Å². The normalized spacial score (nSPS) is 12.3. The van der Waals surface area contributed by atoms with Crippen LogP contribution >= 0.6 is 0 Å². The molecular weight excluding hydrogens is 250 g/mol. The van der Waals surface area contributed by atoms with Gasteiger partial charge in [-0.2, -0.15) is 0 Å². The van der Waals surface area contributed by atoms with Gasteiger partial charge in [-0.3, -0.25) is 0 Å². The number of aryl methyl sites for hydroxylation is 1. The van der Waals surface area contributed by atoms with E-state index in [0.717, 1.165) is 24.5 Å². The molecule has 1 N–H and O–H groups in total. The second-order valence-electron chi connectivity index (χ2n) is 4.88. The summed E-state index contributed by atoms with van der Waals surface area (Å²) in [4.78, 5) is 4.32. The van der Waals surface area contributed by atoms with Crippen molar-refractivity contribution in [2.75, 3.05) is 13.2 Å². The number of rotatable bonds is 7. The summed E-state index contributed by atoms with van der Waals surface area (Å²) in [5, 5.41) is 3.52. The molecule has 4 nitrogen and oxygen atoms in total. The van der Waals surface area contributed by atoms with Gasteiger partial charge in [-0.25, -0.2) is 4.98 Å². The summed E-state index contributed by atoms with van der Waals surface area (Å²) in [5.74, 6) is 2.04. The van der Waals surface area contributed by atoms with Crippen molar-refractivity contribution in [3.63, 3.8) is 0 Å². The van der Waals surface area contributed by atoms with Crippen molar-refractivity contribution < 1.29 is 4.74 Å². The maximum Gasteiger partial charge on any atom is 0.119 e. The van der Waals surface area contributed by atoms with Crippen LogP contribution in [0.4, 0.5) is 0 Å². The largest absolute Gasteiger partial charge is 0.494 e. The zero-order valence-corrected chi connectivity index (χ0v) is 12.5. The molecule has 2 rings (SSSR count). The van der Waals surface area contributed by atoms with Crippen LogP contribution in [0.2, 0.25) is 0 Å². The van der Waals surface area contributed by atoms with E-state index in [1.807, 2.05) is 38.5 Å². The molecule has 1 aromatic carbocycles. The Morgan fingerprint density at radius 3 is 2.65 bits per heavy atom. The number of hydrogen-bond acceptors (Lipinski definition) is 3. The number of benzene rings is 1. The molecule has 0 aliphatic carbocycles. The van der Waals surface area contributed by atoms with Crippen molar-refractivity contribution in [3.8, 4) is 5.75 Å². The molecule has 1 aromatic heterocycles. The Morgan fingerprint density at radius 2 is 2.05 bits per heavy atom. The van der Waals surface area contributed by atoms with Gasteiger partial charge in [0.1, 0.15) is 11.6 Å². The third-order valence-corrected chi connectivity index (χ3v) is 3.41. The molecule has 0 aliphatic rings. The quantitative estimate of drug-likeness (QED) is 0.843. The Morgan fingerprint density at radius 1 is 1.30 bits per heavy atom. The molecule has 2 aromatic rings. The average Bonchev–Trinajstić information content (AvgIpc) is 2.85. The molecule has 0 saturated carbocycles. The van der Waals surface area contributed by atoms with Crippen molar-refractivity contribution in [1.29, 1.82) is 0 Å². The molecule has 1 atom stereocenters. The van der Waals surface area contributed by atoms with Gasteiger partial charge in [0.2, 0.25) is 0 Å². The summed E-state index contributed by atoms with van der Waals surface area (Å²) in [6.45, 7) is 5.79. The lowest BCUT2D eigenvalue weighted by molar-refractivity contribution is 0.340. The Balaban J connectivity index is 1.82. The first kappa shape index (κ1) is 14.6. The van der Waals surface area contributed by atoms with Gasteiger partial charge in [0.25, 0.3) is 0 Å². The summed E-state index contributed by atoms with van der Waals surface area (Å²) >= 11 is 0. The molecule has 0 fully saturated rings. The molecule has 0 saturated heterocycles. The van der Waals surface area contributed by atoms with Gasteiger partial charge in [0, 0.05) is 38.4 Å². The predicted molar refractivity (Wildman–Crippen MR) is 80.9 cm³/mol. The SMILES string of the molecule is CCOc1ccc(C(C)NCCc2nccn2C)cc1. The number of imidazole rings is 1. The predicted octanol–water partition coefficient (Wildman–Crippen LogP) is 2.71. The smallest absolute Gasteiger partial charge is 0.119 e. The fourth-order valence-electron chi connectivity index (χ4n) is 2.18. The number of ether oxygens (including phenoxy) is 1. The first-order chi connectivity index (χ1) is 9.70. The van der Waals surface area contributed by atoms with E-state index in [0.29, 0.717) is 12.6 Å². The number of hydrogen-bond donors (Lipinski definition) is 1. The molecule has 20 heavy (non-hydrogen) atoms. The molecular formula is C16H23N3O. The van der Waals surface area contributed by atoms with Gasteiger partial charge in [-0.05, 0) is 31.5 Å². The van der Waals surface area contributed by atoms with Crippen LogP contribution in [0.15, 0.2) is 36.7 Å². The van der Waals surface area contributed by atoms with Crippen LogP contribution in [-0.2, 0) is 13.5 Å². The van der Waals surface area contributed by atoms with E-state index in [4.69, 9.17) is 4.74 Å². The van der Waals surface area contributed by atoms with Crippen LogP contribution in [-0.4, -0.2) is 22.7 Å². The highest BCUT2D eigenvalue weighted by Crippen LogP contribution is 2.17. The van der Waals surface area contributed by atoms with Crippen LogP contribution in [0.3, 0.4) is 0 Å². The van der Waals surface area contributed by atoms with E-state index in [1.54, 1.807) is 0 Å². The van der Waals surface area contributed by atoms with Gasteiger partial charge < -0.3 is 14.6 Å². The zero-order chi connectivity index (χ0) is 14.4. The van der Waals surface area contributed by atoms with Crippen molar-refractivity contribution in [3.05, 3.63) is 48.0 Å². The monoisotopic (exact) mass is 273 g/mol. The average molecular weight is 273 g/mol. The van der Waals surface area contributed by atoms with Gasteiger partial charge >= 0.3 is 0 Å². The Kier molecular flexibility index (Phi) is 5.18. The molecule has 0 spiro atoms. The van der Waals surface area contributed by atoms with E-state index in [1.165, 1.54) is 5.56 Å². The summed E-state index contributed by atoms with van der Waals surface area (Å²) in [6, 6.07) is 8.60. The standard InChI is InChI=1S/C16H23N3O/c1-4-20-15-7-5-14(6-8-15)13(2)17-10-9-16-18-11-12-19(16)3/h5-8,11-13,17H,4,9-10H2,1-3H3. The highest BCUT2D eigenvalue weighted by Gasteiger charge is 2.06. The van der Waals surface area contributed by atoms with Crippen LogP contribution in [0.25, 0.3) is 0 Å². The summed E-state index contributed by atoms with van der Waals surface area (Å²) in [5.41, 5.74) is 1.27. The molecule has 1 unspecified atom stereocenters. The highest BCUT2D eigenvalue weighted by molar-refractivity contribution is 5.28. The number of nitrogens with one attached hydrogen (secondary N) is 1. The third kappa shape index (κ3) is 3.84. The fraction of sp³-hybridized carbons (Fsp3) is 0.438. The Bertz CT molecular complexity index is 519. The highest BCUT2D eigenvalue weighted by atomic mass is 16.5. The minimum absolute atomic E-state index is 0.325. The first-order valence-corrected chi connectivity index (χ1v) is 7.13. The van der Waals surface area contributed by atoms with Crippen molar-refractivity contribution >= 4 is 0 Å². The number of aromatic nitrogens is 2. The maximum absolute atomic E-state index is 5.45. The lowest BCUT2D eigenvalue weighted by atomic mass is 10.1. The van der Waals surface area contributed by atoms with Gasteiger partial charge in [-0.1, -0.05) is 12.1 Å². The molecule has 0 bridgehead atoms. The molecule has 4 heteroatoms.